The minimum atomic E-state index is 0.568. The number of hydrogen-bond donors (Lipinski definition) is 0. The number of halogens is 1. The third kappa shape index (κ3) is 2.33. The van der Waals surface area contributed by atoms with Gasteiger partial charge in [-0.15, -0.1) is 0 Å². The molecule has 2 aliphatic heterocycles. The van der Waals surface area contributed by atoms with Crippen LogP contribution in [-0.2, 0) is 6.42 Å². The quantitative estimate of drug-likeness (QED) is 0.732. The van der Waals surface area contributed by atoms with Crippen LogP contribution in [0.4, 0.5) is 5.69 Å². The van der Waals surface area contributed by atoms with Crippen LogP contribution in [0.2, 0.25) is 0 Å². The summed E-state index contributed by atoms with van der Waals surface area (Å²) in [4.78, 5) is 7.47. The van der Waals surface area contributed by atoms with E-state index in [2.05, 4.69) is 58.2 Å². The van der Waals surface area contributed by atoms with Gasteiger partial charge in [0.15, 0.2) is 0 Å². The first-order valence-corrected chi connectivity index (χ1v) is 8.50. The average molecular weight is 343 g/mol. The Morgan fingerprint density at radius 2 is 2.10 bits per heavy atom. The minimum Gasteiger partial charge on any atom is -0.298 e. The van der Waals surface area contributed by atoms with E-state index >= 15 is 0 Å². The molecule has 0 spiro atoms. The van der Waals surface area contributed by atoms with E-state index in [0.29, 0.717) is 6.04 Å². The predicted molar refractivity (Wildman–Crippen MR) is 92.7 cm³/mol. The molecule has 108 valence electrons. The lowest BCUT2D eigenvalue weighted by molar-refractivity contribution is 0.369. The summed E-state index contributed by atoms with van der Waals surface area (Å²) in [5.41, 5.74) is 4.00. The molecule has 1 saturated heterocycles. The van der Waals surface area contributed by atoms with E-state index in [1.54, 1.807) is 0 Å². The van der Waals surface area contributed by atoms with Gasteiger partial charge in [-0.05, 0) is 73.8 Å². The third-order valence-corrected chi connectivity index (χ3v) is 5.36. The minimum absolute atomic E-state index is 0.568. The van der Waals surface area contributed by atoms with Crippen molar-refractivity contribution in [1.29, 1.82) is 0 Å². The normalized spacial score (nSPS) is 22.4. The molecule has 0 N–H and O–H groups in total. The third-order valence-electron chi connectivity index (χ3n) is 4.87. The van der Waals surface area contributed by atoms with Crippen LogP contribution < -0.4 is 0 Å². The molecule has 0 aliphatic carbocycles. The lowest BCUT2D eigenvalue weighted by atomic mass is 9.93. The SMILES string of the molecule is CN1CCCC1C1=Nc2ccc3cc(Br)ccc3c2CC1. The molecule has 0 saturated carbocycles. The summed E-state index contributed by atoms with van der Waals surface area (Å²) in [7, 11) is 2.23. The van der Waals surface area contributed by atoms with Crippen molar-refractivity contribution in [2.75, 3.05) is 13.6 Å². The van der Waals surface area contributed by atoms with Crippen LogP contribution in [-0.4, -0.2) is 30.2 Å². The van der Waals surface area contributed by atoms with E-state index in [1.165, 1.54) is 47.1 Å². The van der Waals surface area contributed by atoms with Crippen molar-refractivity contribution in [3.8, 4) is 0 Å². The van der Waals surface area contributed by atoms with Gasteiger partial charge in [0.25, 0.3) is 0 Å². The second-order valence-corrected chi connectivity index (χ2v) is 7.09. The average Bonchev–Trinajstić information content (AvgIpc) is 2.92. The van der Waals surface area contributed by atoms with Gasteiger partial charge in [-0.1, -0.05) is 28.1 Å². The Morgan fingerprint density at radius 3 is 2.90 bits per heavy atom. The molecular formula is C18H19BrN2. The van der Waals surface area contributed by atoms with Crippen molar-refractivity contribution in [2.24, 2.45) is 4.99 Å². The zero-order chi connectivity index (χ0) is 14.4. The highest BCUT2D eigenvalue weighted by Gasteiger charge is 2.28. The predicted octanol–water partition coefficient (Wildman–Crippen LogP) is 4.72. The Morgan fingerprint density at radius 1 is 1.19 bits per heavy atom. The smallest absolute Gasteiger partial charge is 0.0668 e. The molecule has 3 heteroatoms. The Bertz CT molecular complexity index is 735. The number of aryl methyl sites for hydroxylation is 1. The highest BCUT2D eigenvalue weighted by atomic mass is 79.9. The fourth-order valence-corrected chi connectivity index (χ4v) is 4.14. The number of fused-ring (bicyclic) bond motifs is 3. The Hall–Kier alpha value is -1.19. The first-order chi connectivity index (χ1) is 10.2. The van der Waals surface area contributed by atoms with Crippen molar-refractivity contribution in [2.45, 2.75) is 31.7 Å². The number of aliphatic imine (C=N–C) groups is 1. The van der Waals surface area contributed by atoms with E-state index in [0.717, 1.165) is 17.3 Å². The maximum absolute atomic E-state index is 5.01. The van der Waals surface area contributed by atoms with Gasteiger partial charge in [0, 0.05) is 16.2 Å². The van der Waals surface area contributed by atoms with Gasteiger partial charge >= 0.3 is 0 Å². The summed E-state index contributed by atoms with van der Waals surface area (Å²) in [6.07, 6.45) is 4.80. The van der Waals surface area contributed by atoms with Crippen LogP contribution in [0.1, 0.15) is 24.8 Å². The van der Waals surface area contributed by atoms with E-state index in [4.69, 9.17) is 4.99 Å². The van der Waals surface area contributed by atoms with Gasteiger partial charge in [0.2, 0.25) is 0 Å². The van der Waals surface area contributed by atoms with E-state index in [1.807, 2.05) is 0 Å². The van der Waals surface area contributed by atoms with Crippen LogP contribution in [0.25, 0.3) is 10.8 Å². The van der Waals surface area contributed by atoms with E-state index in [-0.39, 0.29) is 0 Å². The molecule has 2 heterocycles. The molecule has 2 nitrogen and oxygen atoms in total. The zero-order valence-corrected chi connectivity index (χ0v) is 13.9. The largest absolute Gasteiger partial charge is 0.298 e. The van der Waals surface area contributed by atoms with Gasteiger partial charge in [-0.25, -0.2) is 0 Å². The lowest BCUT2D eigenvalue weighted by Crippen LogP contribution is -2.33. The molecule has 0 aromatic heterocycles. The van der Waals surface area contributed by atoms with Gasteiger partial charge in [-0.3, -0.25) is 9.89 Å². The Balaban J connectivity index is 1.79. The van der Waals surface area contributed by atoms with Crippen LogP contribution >= 0.6 is 15.9 Å². The zero-order valence-electron chi connectivity index (χ0n) is 12.3. The number of rotatable bonds is 1. The molecule has 0 amide bonds. The number of benzene rings is 2. The molecule has 0 radical (unpaired) electrons. The molecule has 2 aliphatic rings. The fraction of sp³-hybridized carbons (Fsp3) is 0.389. The van der Waals surface area contributed by atoms with Crippen molar-refractivity contribution < 1.29 is 0 Å². The summed E-state index contributed by atoms with van der Waals surface area (Å²) in [6.45, 7) is 1.21. The highest BCUT2D eigenvalue weighted by molar-refractivity contribution is 9.10. The van der Waals surface area contributed by atoms with Crippen molar-refractivity contribution in [1.82, 2.24) is 4.90 Å². The summed E-state index contributed by atoms with van der Waals surface area (Å²) in [6, 6.07) is 11.5. The first kappa shape index (κ1) is 13.5. The van der Waals surface area contributed by atoms with Crippen molar-refractivity contribution >= 4 is 38.1 Å². The van der Waals surface area contributed by atoms with Gasteiger partial charge in [0.05, 0.1) is 5.69 Å². The molecule has 2 aromatic rings. The van der Waals surface area contributed by atoms with Crippen LogP contribution in [0, 0.1) is 0 Å². The molecule has 1 unspecified atom stereocenters. The molecule has 2 aromatic carbocycles. The Labute approximate surface area is 134 Å². The maximum atomic E-state index is 5.01. The standard InChI is InChI=1S/C18H19BrN2/c1-21-10-2-3-18(21)17-9-7-15-14-6-5-13(19)11-12(14)4-8-16(15)20-17/h4-6,8,11,18H,2-3,7,9-10H2,1H3. The van der Waals surface area contributed by atoms with Gasteiger partial charge in [0.1, 0.15) is 0 Å². The molecule has 21 heavy (non-hydrogen) atoms. The second kappa shape index (κ2) is 5.22. The molecule has 0 bridgehead atoms. The molecule has 4 rings (SSSR count). The topological polar surface area (TPSA) is 15.6 Å². The molecular weight excluding hydrogens is 324 g/mol. The summed E-state index contributed by atoms with van der Waals surface area (Å²) in [5, 5.41) is 2.66. The van der Waals surface area contributed by atoms with Crippen LogP contribution in [0.5, 0.6) is 0 Å². The molecule has 1 fully saturated rings. The summed E-state index contributed by atoms with van der Waals surface area (Å²) < 4.78 is 1.14. The summed E-state index contributed by atoms with van der Waals surface area (Å²) >= 11 is 3.56. The van der Waals surface area contributed by atoms with Crippen LogP contribution in [0.15, 0.2) is 39.8 Å². The fourth-order valence-electron chi connectivity index (χ4n) is 3.76. The van der Waals surface area contributed by atoms with Crippen molar-refractivity contribution in [3.63, 3.8) is 0 Å². The first-order valence-electron chi connectivity index (χ1n) is 7.71. The van der Waals surface area contributed by atoms with Crippen LogP contribution in [0.3, 0.4) is 0 Å². The summed E-state index contributed by atoms with van der Waals surface area (Å²) in [5.74, 6) is 0. The van der Waals surface area contributed by atoms with E-state index in [9.17, 15) is 0 Å². The van der Waals surface area contributed by atoms with Gasteiger partial charge in [-0.2, -0.15) is 0 Å². The highest BCUT2D eigenvalue weighted by Crippen LogP contribution is 2.35. The van der Waals surface area contributed by atoms with Crippen molar-refractivity contribution in [3.05, 3.63) is 40.4 Å². The Kier molecular flexibility index (Phi) is 3.35. The second-order valence-electron chi connectivity index (χ2n) is 6.17. The maximum Gasteiger partial charge on any atom is 0.0668 e. The monoisotopic (exact) mass is 342 g/mol. The number of nitrogens with zero attached hydrogens (tertiary/aromatic N) is 2. The van der Waals surface area contributed by atoms with E-state index < -0.39 is 0 Å². The number of likely N-dealkylation sites (tertiary alicyclic amines) is 1. The van der Waals surface area contributed by atoms with Gasteiger partial charge < -0.3 is 0 Å². The molecule has 1 atom stereocenters. The lowest BCUT2D eigenvalue weighted by Gasteiger charge is -2.25. The number of hydrogen-bond acceptors (Lipinski definition) is 2.